The maximum absolute atomic E-state index is 4.02. The third-order valence-corrected chi connectivity index (χ3v) is 3.98. The van der Waals surface area contributed by atoms with Gasteiger partial charge >= 0.3 is 0 Å². The van der Waals surface area contributed by atoms with E-state index in [4.69, 9.17) is 0 Å². The zero-order valence-corrected chi connectivity index (χ0v) is 13.3. The molecule has 0 spiro atoms. The highest BCUT2D eigenvalue weighted by Gasteiger charge is 2.35. The predicted octanol–water partition coefficient (Wildman–Crippen LogP) is 4.94. The molecule has 3 unspecified atom stereocenters. The molecule has 1 rings (SSSR count). The Labute approximate surface area is 124 Å². The van der Waals surface area contributed by atoms with E-state index in [-0.39, 0.29) is 0 Å². The SMILES string of the molecule is C=C(C=C=CCCC=CCC1NC(C(=C)C)C1C)CC. The number of allylic oxidation sites excluding steroid dienone is 3. The Bertz CT molecular complexity index is 421. The molecule has 0 amide bonds. The van der Waals surface area contributed by atoms with Crippen molar-refractivity contribution in [2.75, 3.05) is 0 Å². The fourth-order valence-electron chi connectivity index (χ4n) is 2.42. The fraction of sp³-hybridized carbons (Fsp3) is 0.526. The Balaban J connectivity index is 2.14. The van der Waals surface area contributed by atoms with Crippen molar-refractivity contribution in [3.63, 3.8) is 0 Å². The van der Waals surface area contributed by atoms with Crippen LogP contribution >= 0.6 is 0 Å². The second kappa shape index (κ2) is 8.79. The summed E-state index contributed by atoms with van der Waals surface area (Å²) in [6.07, 6.45) is 12.9. The highest BCUT2D eigenvalue weighted by Crippen LogP contribution is 2.27. The fourth-order valence-corrected chi connectivity index (χ4v) is 2.42. The van der Waals surface area contributed by atoms with E-state index in [2.05, 4.69) is 63.2 Å². The number of hydrogen-bond acceptors (Lipinski definition) is 1. The van der Waals surface area contributed by atoms with Gasteiger partial charge in [-0.15, -0.1) is 5.73 Å². The molecule has 3 atom stereocenters. The summed E-state index contributed by atoms with van der Waals surface area (Å²) in [6, 6.07) is 1.14. The molecule has 0 aliphatic carbocycles. The van der Waals surface area contributed by atoms with Gasteiger partial charge in [0.1, 0.15) is 0 Å². The van der Waals surface area contributed by atoms with Gasteiger partial charge in [-0.3, -0.25) is 0 Å². The summed E-state index contributed by atoms with van der Waals surface area (Å²) in [5, 5.41) is 3.57. The molecule has 1 aliphatic rings. The maximum Gasteiger partial charge on any atom is 0.0317 e. The van der Waals surface area contributed by atoms with Crippen LogP contribution in [-0.2, 0) is 0 Å². The first kappa shape index (κ1) is 16.8. The van der Waals surface area contributed by atoms with Gasteiger partial charge < -0.3 is 5.32 Å². The van der Waals surface area contributed by atoms with E-state index in [0.29, 0.717) is 18.0 Å². The van der Waals surface area contributed by atoms with Crippen LogP contribution in [0.25, 0.3) is 0 Å². The second-order valence-corrected chi connectivity index (χ2v) is 5.77. The van der Waals surface area contributed by atoms with Gasteiger partial charge in [0, 0.05) is 12.1 Å². The molecule has 0 saturated carbocycles. The van der Waals surface area contributed by atoms with Crippen molar-refractivity contribution in [1.82, 2.24) is 5.32 Å². The standard InChI is InChI=1S/C19H29N/c1-6-16(4)13-11-9-7-8-10-12-14-18-17(5)19(20-18)15(2)3/h9-10,12-13,17-20H,2,4,6-8,14H2,1,3,5H3. The summed E-state index contributed by atoms with van der Waals surface area (Å²) in [7, 11) is 0. The number of hydrogen-bond donors (Lipinski definition) is 1. The van der Waals surface area contributed by atoms with Gasteiger partial charge in [-0.2, -0.15) is 0 Å². The molecule has 0 aromatic carbocycles. The minimum Gasteiger partial charge on any atom is -0.307 e. The van der Waals surface area contributed by atoms with Crippen molar-refractivity contribution in [1.29, 1.82) is 0 Å². The molecule has 0 aromatic rings. The lowest BCUT2D eigenvalue weighted by Gasteiger charge is -2.44. The Morgan fingerprint density at radius 1 is 1.25 bits per heavy atom. The molecular weight excluding hydrogens is 242 g/mol. The Morgan fingerprint density at radius 2 is 2.00 bits per heavy atom. The molecule has 1 fully saturated rings. The van der Waals surface area contributed by atoms with Crippen molar-refractivity contribution in [3.05, 3.63) is 54.3 Å². The lowest BCUT2D eigenvalue weighted by Crippen LogP contribution is -2.60. The van der Waals surface area contributed by atoms with E-state index in [9.17, 15) is 0 Å². The molecule has 0 aromatic heterocycles. The molecule has 1 saturated heterocycles. The van der Waals surface area contributed by atoms with Gasteiger partial charge in [0.25, 0.3) is 0 Å². The van der Waals surface area contributed by atoms with Crippen molar-refractivity contribution < 1.29 is 0 Å². The predicted molar refractivity (Wildman–Crippen MR) is 89.8 cm³/mol. The third-order valence-electron chi connectivity index (χ3n) is 3.98. The molecule has 110 valence electrons. The molecule has 1 aliphatic heterocycles. The Morgan fingerprint density at radius 3 is 2.60 bits per heavy atom. The Hall–Kier alpha value is -1.30. The van der Waals surface area contributed by atoms with Crippen LogP contribution in [0.3, 0.4) is 0 Å². The highest BCUT2D eigenvalue weighted by molar-refractivity contribution is 5.14. The lowest BCUT2D eigenvalue weighted by atomic mass is 9.79. The average molecular weight is 271 g/mol. The first-order valence-electron chi connectivity index (χ1n) is 7.71. The van der Waals surface area contributed by atoms with Crippen molar-refractivity contribution in [2.45, 2.75) is 58.5 Å². The van der Waals surface area contributed by atoms with Gasteiger partial charge in [0.2, 0.25) is 0 Å². The van der Waals surface area contributed by atoms with Crippen molar-refractivity contribution >= 4 is 0 Å². The van der Waals surface area contributed by atoms with Crippen LogP contribution < -0.4 is 5.32 Å². The largest absolute Gasteiger partial charge is 0.307 e. The minimum atomic E-state index is 0.521. The zero-order chi connectivity index (χ0) is 15.0. The van der Waals surface area contributed by atoms with Crippen LogP contribution in [0.15, 0.2) is 54.3 Å². The number of nitrogens with one attached hydrogen (secondary N) is 1. The van der Waals surface area contributed by atoms with Crippen LogP contribution in [0.4, 0.5) is 0 Å². The molecule has 1 heteroatoms. The molecule has 0 radical (unpaired) electrons. The van der Waals surface area contributed by atoms with Crippen LogP contribution in [0, 0.1) is 5.92 Å². The first-order valence-corrected chi connectivity index (χ1v) is 7.71. The van der Waals surface area contributed by atoms with Crippen LogP contribution in [0.5, 0.6) is 0 Å². The summed E-state index contributed by atoms with van der Waals surface area (Å²) >= 11 is 0. The smallest absolute Gasteiger partial charge is 0.0317 e. The molecule has 20 heavy (non-hydrogen) atoms. The van der Waals surface area contributed by atoms with E-state index in [1.807, 2.05) is 6.08 Å². The molecule has 1 heterocycles. The van der Waals surface area contributed by atoms with E-state index < -0.39 is 0 Å². The summed E-state index contributed by atoms with van der Waals surface area (Å²) in [5.41, 5.74) is 5.56. The van der Waals surface area contributed by atoms with Crippen LogP contribution in [-0.4, -0.2) is 12.1 Å². The summed E-state index contributed by atoms with van der Waals surface area (Å²) in [5.74, 6) is 0.708. The van der Waals surface area contributed by atoms with Gasteiger partial charge in [-0.25, -0.2) is 0 Å². The first-order chi connectivity index (χ1) is 9.56. The number of rotatable bonds is 8. The van der Waals surface area contributed by atoms with Crippen LogP contribution in [0.1, 0.15) is 46.5 Å². The van der Waals surface area contributed by atoms with Gasteiger partial charge in [0.05, 0.1) is 0 Å². The maximum atomic E-state index is 4.02. The highest BCUT2D eigenvalue weighted by atomic mass is 15.1. The van der Waals surface area contributed by atoms with E-state index >= 15 is 0 Å². The van der Waals surface area contributed by atoms with Crippen molar-refractivity contribution in [3.8, 4) is 0 Å². The molecule has 0 bridgehead atoms. The topological polar surface area (TPSA) is 12.0 Å². The number of unbranched alkanes of at least 4 members (excludes halogenated alkanes) is 1. The average Bonchev–Trinajstić information content (AvgIpc) is 2.42. The minimum absolute atomic E-state index is 0.521. The van der Waals surface area contributed by atoms with Crippen LogP contribution in [0.2, 0.25) is 0 Å². The van der Waals surface area contributed by atoms with Gasteiger partial charge in [0.15, 0.2) is 0 Å². The van der Waals surface area contributed by atoms with Gasteiger partial charge in [-0.1, -0.05) is 44.7 Å². The summed E-state index contributed by atoms with van der Waals surface area (Å²) < 4.78 is 0. The van der Waals surface area contributed by atoms with E-state index in [1.165, 1.54) is 5.57 Å². The molecule has 1 nitrogen and oxygen atoms in total. The zero-order valence-electron chi connectivity index (χ0n) is 13.3. The Kier molecular flexibility index (Phi) is 7.36. The second-order valence-electron chi connectivity index (χ2n) is 5.77. The lowest BCUT2D eigenvalue weighted by molar-refractivity contribution is 0.188. The summed E-state index contributed by atoms with van der Waals surface area (Å²) in [4.78, 5) is 0. The molecule has 1 N–H and O–H groups in total. The van der Waals surface area contributed by atoms with E-state index in [1.54, 1.807) is 0 Å². The normalized spacial score (nSPS) is 24.9. The monoisotopic (exact) mass is 271 g/mol. The van der Waals surface area contributed by atoms with Gasteiger partial charge in [-0.05, 0) is 56.3 Å². The molecular formula is C19H29N. The summed E-state index contributed by atoms with van der Waals surface area (Å²) in [6.45, 7) is 14.5. The van der Waals surface area contributed by atoms with E-state index in [0.717, 1.165) is 31.3 Å². The third kappa shape index (κ3) is 5.36. The van der Waals surface area contributed by atoms with Crippen molar-refractivity contribution in [2.24, 2.45) is 5.92 Å². The quantitative estimate of drug-likeness (QED) is 0.285.